The lowest BCUT2D eigenvalue weighted by Gasteiger charge is -2.31. The Labute approximate surface area is 186 Å². The van der Waals surface area contributed by atoms with Gasteiger partial charge in [0.25, 0.3) is 5.91 Å². The molecule has 2 aromatic heterocycles. The van der Waals surface area contributed by atoms with Crippen LogP contribution in [0.4, 0.5) is 34.6 Å². The van der Waals surface area contributed by atoms with Crippen LogP contribution in [0.3, 0.4) is 0 Å². The topological polar surface area (TPSA) is 97.7 Å². The van der Waals surface area contributed by atoms with E-state index in [-0.39, 0.29) is 12.0 Å². The van der Waals surface area contributed by atoms with Gasteiger partial charge in [-0.2, -0.15) is 4.98 Å². The van der Waals surface area contributed by atoms with Gasteiger partial charge in [0, 0.05) is 27.2 Å². The van der Waals surface area contributed by atoms with Crippen LogP contribution in [0.1, 0.15) is 23.2 Å². The zero-order valence-electron chi connectivity index (χ0n) is 18.1. The zero-order chi connectivity index (χ0) is 22.2. The van der Waals surface area contributed by atoms with Crippen LogP contribution in [0.15, 0.2) is 48.8 Å². The van der Waals surface area contributed by atoms with Gasteiger partial charge < -0.3 is 25.1 Å². The van der Waals surface area contributed by atoms with Gasteiger partial charge in [0.15, 0.2) is 5.82 Å². The number of hydrogen-bond donors (Lipinski definition) is 2. The lowest BCUT2D eigenvalue weighted by atomic mass is 10.1. The van der Waals surface area contributed by atoms with Crippen molar-refractivity contribution < 1.29 is 9.90 Å². The molecule has 1 aromatic carbocycles. The maximum atomic E-state index is 12.9. The number of aromatic nitrogens is 3. The number of rotatable bonds is 3. The van der Waals surface area contributed by atoms with E-state index in [1.165, 1.54) is 0 Å². The Hall–Kier alpha value is -3.72. The first kappa shape index (κ1) is 20.2. The van der Waals surface area contributed by atoms with E-state index in [0.717, 1.165) is 37.3 Å². The summed E-state index contributed by atoms with van der Waals surface area (Å²) in [7, 11) is 3.62. The SMILES string of the molecule is CN1C(=O)c2ccccc2N(C)c2nc(Nc3ccc(N4CCC(O)CC4)cn3)ncc21. The zero-order valence-corrected chi connectivity index (χ0v) is 18.1. The summed E-state index contributed by atoms with van der Waals surface area (Å²) in [5, 5.41) is 12.9. The van der Waals surface area contributed by atoms with Gasteiger partial charge >= 0.3 is 0 Å². The number of benzene rings is 1. The number of fused-ring (bicyclic) bond motifs is 2. The van der Waals surface area contributed by atoms with Crippen molar-refractivity contribution in [3.05, 3.63) is 54.4 Å². The Bertz CT molecular complexity index is 1140. The van der Waals surface area contributed by atoms with E-state index >= 15 is 0 Å². The fraction of sp³-hybridized carbons (Fsp3) is 0.304. The van der Waals surface area contributed by atoms with Crippen molar-refractivity contribution >= 4 is 40.6 Å². The summed E-state index contributed by atoms with van der Waals surface area (Å²) in [6, 6.07) is 11.4. The smallest absolute Gasteiger partial charge is 0.260 e. The highest BCUT2D eigenvalue weighted by atomic mass is 16.3. The molecule has 0 saturated carbocycles. The molecule has 1 fully saturated rings. The summed E-state index contributed by atoms with van der Waals surface area (Å²) in [6.07, 6.45) is 4.81. The lowest BCUT2D eigenvalue weighted by Crippen LogP contribution is -2.35. The third kappa shape index (κ3) is 3.60. The van der Waals surface area contributed by atoms with Crippen LogP contribution in [0.2, 0.25) is 0 Å². The second kappa shape index (κ2) is 8.08. The molecule has 164 valence electrons. The molecule has 5 rings (SSSR count). The predicted molar refractivity (Wildman–Crippen MR) is 124 cm³/mol. The number of pyridine rings is 1. The third-order valence-corrected chi connectivity index (χ3v) is 6.05. The van der Waals surface area contributed by atoms with E-state index in [0.29, 0.717) is 28.8 Å². The van der Waals surface area contributed by atoms with Gasteiger partial charge in [0.1, 0.15) is 11.5 Å². The lowest BCUT2D eigenvalue weighted by molar-refractivity contribution is 0.0994. The molecule has 9 nitrogen and oxygen atoms in total. The highest BCUT2D eigenvalue weighted by Crippen LogP contribution is 2.37. The quantitative estimate of drug-likeness (QED) is 0.653. The Morgan fingerprint density at radius 2 is 1.75 bits per heavy atom. The highest BCUT2D eigenvalue weighted by molar-refractivity contribution is 6.13. The minimum absolute atomic E-state index is 0.0991. The number of amides is 1. The molecule has 0 radical (unpaired) electrons. The van der Waals surface area contributed by atoms with Crippen LogP contribution < -0.4 is 20.0 Å². The minimum atomic E-state index is -0.204. The summed E-state index contributed by atoms with van der Waals surface area (Å²) in [6.45, 7) is 1.65. The van der Waals surface area contributed by atoms with Gasteiger partial charge in [-0.1, -0.05) is 12.1 Å². The number of nitrogens with one attached hydrogen (secondary N) is 1. The molecule has 1 saturated heterocycles. The molecule has 0 bridgehead atoms. The van der Waals surface area contributed by atoms with E-state index in [2.05, 4.69) is 25.2 Å². The molecular formula is C23H25N7O2. The predicted octanol–water partition coefficient (Wildman–Crippen LogP) is 2.93. The Morgan fingerprint density at radius 1 is 0.969 bits per heavy atom. The maximum Gasteiger partial charge on any atom is 0.260 e. The monoisotopic (exact) mass is 431 g/mol. The van der Waals surface area contributed by atoms with E-state index < -0.39 is 0 Å². The molecule has 0 atom stereocenters. The fourth-order valence-electron chi connectivity index (χ4n) is 4.15. The first-order valence-electron chi connectivity index (χ1n) is 10.6. The number of piperidine rings is 1. The molecule has 2 aliphatic rings. The van der Waals surface area contributed by atoms with Crippen LogP contribution in [-0.4, -0.2) is 59.3 Å². The van der Waals surface area contributed by atoms with Crippen molar-refractivity contribution in [2.24, 2.45) is 0 Å². The number of carbonyl (C=O) groups is 1. The van der Waals surface area contributed by atoms with Gasteiger partial charge in [0.2, 0.25) is 5.95 Å². The average molecular weight is 432 g/mol. The van der Waals surface area contributed by atoms with Crippen LogP contribution in [-0.2, 0) is 0 Å². The first-order chi connectivity index (χ1) is 15.5. The van der Waals surface area contributed by atoms with Crippen LogP contribution in [0, 0.1) is 0 Å². The number of hydrogen-bond acceptors (Lipinski definition) is 8. The minimum Gasteiger partial charge on any atom is -0.393 e. The number of aliphatic hydroxyl groups is 1. The van der Waals surface area contributed by atoms with Gasteiger partial charge in [-0.15, -0.1) is 0 Å². The summed E-state index contributed by atoms with van der Waals surface area (Å²) >= 11 is 0. The second-order valence-corrected chi connectivity index (χ2v) is 8.09. The molecule has 1 amide bonds. The van der Waals surface area contributed by atoms with Crippen molar-refractivity contribution in [2.45, 2.75) is 18.9 Å². The summed E-state index contributed by atoms with van der Waals surface area (Å²) < 4.78 is 0. The van der Waals surface area contributed by atoms with E-state index in [9.17, 15) is 9.90 Å². The summed E-state index contributed by atoms with van der Waals surface area (Å²) in [5.41, 5.74) is 3.07. The van der Waals surface area contributed by atoms with Gasteiger partial charge in [-0.05, 0) is 37.1 Å². The third-order valence-electron chi connectivity index (χ3n) is 6.05. The van der Waals surface area contributed by atoms with E-state index in [1.807, 2.05) is 54.5 Å². The number of nitrogens with zero attached hydrogens (tertiary/aromatic N) is 6. The van der Waals surface area contributed by atoms with Crippen LogP contribution >= 0.6 is 0 Å². The molecular weight excluding hydrogens is 406 g/mol. The average Bonchev–Trinajstić information content (AvgIpc) is 2.90. The van der Waals surface area contributed by atoms with E-state index in [4.69, 9.17) is 0 Å². The fourth-order valence-corrected chi connectivity index (χ4v) is 4.15. The standard InChI is InChI=1S/C23H25N7O2/c1-28-18-6-4-3-5-17(18)22(32)29(2)19-14-25-23(27-21(19)28)26-20-8-7-15(13-24-20)30-11-9-16(31)10-12-30/h3-8,13-14,16,31H,9-12H2,1-2H3,(H,24,25,26,27). The normalized spacial score (nSPS) is 16.5. The largest absolute Gasteiger partial charge is 0.393 e. The number of carbonyl (C=O) groups excluding carboxylic acids is 1. The summed E-state index contributed by atoms with van der Waals surface area (Å²) in [5.74, 6) is 1.56. The number of anilines is 6. The van der Waals surface area contributed by atoms with Crippen LogP contribution in [0.5, 0.6) is 0 Å². The van der Waals surface area contributed by atoms with Crippen molar-refractivity contribution in [3.63, 3.8) is 0 Å². The highest BCUT2D eigenvalue weighted by Gasteiger charge is 2.28. The number of aliphatic hydroxyl groups excluding tert-OH is 1. The molecule has 3 aromatic rings. The summed E-state index contributed by atoms with van der Waals surface area (Å²) in [4.78, 5) is 32.2. The Balaban J connectivity index is 1.40. The van der Waals surface area contributed by atoms with Crippen LogP contribution in [0.25, 0.3) is 0 Å². The van der Waals surface area contributed by atoms with Crippen molar-refractivity contribution in [3.8, 4) is 0 Å². The van der Waals surface area contributed by atoms with Crippen molar-refractivity contribution in [2.75, 3.05) is 47.2 Å². The van der Waals surface area contributed by atoms with E-state index in [1.54, 1.807) is 18.1 Å². The Kier molecular flexibility index (Phi) is 5.10. The molecule has 0 spiro atoms. The molecule has 0 unspecified atom stereocenters. The molecule has 4 heterocycles. The first-order valence-corrected chi connectivity index (χ1v) is 10.6. The molecule has 9 heteroatoms. The van der Waals surface area contributed by atoms with Crippen molar-refractivity contribution in [1.82, 2.24) is 15.0 Å². The Morgan fingerprint density at radius 3 is 2.50 bits per heavy atom. The molecule has 0 aliphatic carbocycles. The van der Waals surface area contributed by atoms with Crippen molar-refractivity contribution in [1.29, 1.82) is 0 Å². The van der Waals surface area contributed by atoms with Gasteiger partial charge in [-0.3, -0.25) is 4.79 Å². The van der Waals surface area contributed by atoms with Gasteiger partial charge in [-0.25, -0.2) is 9.97 Å². The molecule has 2 aliphatic heterocycles. The second-order valence-electron chi connectivity index (χ2n) is 8.09. The molecule has 32 heavy (non-hydrogen) atoms. The maximum absolute atomic E-state index is 12.9. The molecule has 2 N–H and O–H groups in total. The van der Waals surface area contributed by atoms with Gasteiger partial charge in [0.05, 0.1) is 35.4 Å². The number of para-hydroxylation sites is 1.